The number of fused-ring (bicyclic) bond motifs is 2. The molecule has 4 nitrogen and oxygen atoms in total. The van der Waals surface area contributed by atoms with Crippen molar-refractivity contribution < 1.29 is 4.79 Å². The van der Waals surface area contributed by atoms with E-state index in [9.17, 15) is 4.79 Å². The van der Waals surface area contributed by atoms with Gasteiger partial charge in [0.2, 0.25) is 5.91 Å². The first-order chi connectivity index (χ1) is 10.5. The van der Waals surface area contributed by atoms with Crippen LogP contribution in [0.15, 0.2) is 4.47 Å². The molecule has 0 aromatic carbocycles. The van der Waals surface area contributed by atoms with Crippen LogP contribution >= 0.6 is 15.9 Å². The third-order valence-corrected chi connectivity index (χ3v) is 6.64. The highest BCUT2D eigenvalue weighted by molar-refractivity contribution is 9.10. The van der Waals surface area contributed by atoms with Gasteiger partial charge in [-0.1, -0.05) is 6.42 Å². The fourth-order valence-corrected chi connectivity index (χ4v) is 4.57. The highest BCUT2D eigenvalue weighted by Gasteiger charge is 2.39. The van der Waals surface area contributed by atoms with Crippen LogP contribution in [-0.2, 0) is 11.3 Å². The van der Waals surface area contributed by atoms with Crippen molar-refractivity contribution in [1.29, 1.82) is 0 Å². The number of amides is 1. The highest BCUT2D eigenvalue weighted by atomic mass is 79.9. The van der Waals surface area contributed by atoms with Crippen LogP contribution in [0, 0.1) is 31.6 Å². The first kappa shape index (κ1) is 16.0. The van der Waals surface area contributed by atoms with Crippen LogP contribution in [-0.4, -0.2) is 22.2 Å². The molecule has 2 aliphatic rings. The standard InChI is InChI=1S/C17H26BrN3O/c1-11-17(18)12(2)21(20-11)7-3-6-19-16(22)10-15-9-13-4-5-14(15)8-13/h13-15H,3-10H2,1-2H3,(H,19,22). The van der Waals surface area contributed by atoms with Crippen molar-refractivity contribution in [2.24, 2.45) is 17.8 Å². The van der Waals surface area contributed by atoms with Gasteiger partial charge in [-0.2, -0.15) is 5.10 Å². The molecular weight excluding hydrogens is 342 g/mol. The Kier molecular flexibility index (Phi) is 4.91. The monoisotopic (exact) mass is 367 g/mol. The lowest BCUT2D eigenvalue weighted by Crippen LogP contribution is -2.28. The number of halogens is 1. The summed E-state index contributed by atoms with van der Waals surface area (Å²) in [7, 11) is 0. The van der Waals surface area contributed by atoms with Gasteiger partial charge in [-0.15, -0.1) is 0 Å². The second-order valence-electron chi connectivity index (χ2n) is 7.05. The van der Waals surface area contributed by atoms with Gasteiger partial charge >= 0.3 is 0 Å². The Morgan fingerprint density at radius 2 is 2.18 bits per heavy atom. The van der Waals surface area contributed by atoms with Gasteiger partial charge in [0.05, 0.1) is 10.2 Å². The van der Waals surface area contributed by atoms with E-state index in [4.69, 9.17) is 0 Å². The SMILES string of the molecule is Cc1nn(CCCNC(=O)CC2CC3CCC2C3)c(C)c1Br. The topological polar surface area (TPSA) is 46.9 Å². The van der Waals surface area contributed by atoms with Crippen molar-refractivity contribution in [3.63, 3.8) is 0 Å². The fraction of sp³-hybridized carbons (Fsp3) is 0.765. The Labute approximate surface area is 141 Å². The summed E-state index contributed by atoms with van der Waals surface area (Å²) in [5.74, 6) is 2.66. The Hall–Kier alpha value is -0.840. The van der Waals surface area contributed by atoms with Gasteiger partial charge in [0.1, 0.15) is 0 Å². The molecule has 1 amide bonds. The van der Waals surface area contributed by atoms with E-state index in [1.807, 2.05) is 11.6 Å². The molecular formula is C17H26BrN3O. The molecule has 1 N–H and O–H groups in total. The van der Waals surface area contributed by atoms with E-state index in [1.54, 1.807) is 0 Å². The zero-order valence-electron chi connectivity index (χ0n) is 13.6. The maximum atomic E-state index is 12.1. The Bertz CT molecular complexity index is 554. The van der Waals surface area contributed by atoms with E-state index in [0.717, 1.165) is 53.6 Å². The van der Waals surface area contributed by atoms with Crippen LogP contribution in [0.5, 0.6) is 0 Å². The smallest absolute Gasteiger partial charge is 0.220 e. The number of carbonyl (C=O) groups is 1. The van der Waals surface area contributed by atoms with Gasteiger partial charge < -0.3 is 5.32 Å². The van der Waals surface area contributed by atoms with Crippen LogP contribution in [0.3, 0.4) is 0 Å². The third kappa shape index (κ3) is 3.39. The van der Waals surface area contributed by atoms with Crippen molar-refractivity contribution in [3.8, 4) is 0 Å². The number of aryl methyl sites for hydroxylation is 2. The van der Waals surface area contributed by atoms with Crippen molar-refractivity contribution in [3.05, 3.63) is 15.9 Å². The van der Waals surface area contributed by atoms with E-state index in [2.05, 4.69) is 33.3 Å². The molecule has 3 unspecified atom stereocenters. The largest absolute Gasteiger partial charge is 0.356 e. The molecule has 2 aliphatic carbocycles. The molecule has 2 bridgehead atoms. The second kappa shape index (κ2) is 6.73. The van der Waals surface area contributed by atoms with Crippen LogP contribution in [0.2, 0.25) is 0 Å². The maximum absolute atomic E-state index is 12.1. The van der Waals surface area contributed by atoms with E-state index < -0.39 is 0 Å². The van der Waals surface area contributed by atoms with Gasteiger partial charge in [-0.3, -0.25) is 9.48 Å². The van der Waals surface area contributed by atoms with Crippen LogP contribution in [0.1, 0.15) is 49.9 Å². The van der Waals surface area contributed by atoms with Gasteiger partial charge in [0.15, 0.2) is 0 Å². The fourth-order valence-electron chi connectivity index (χ4n) is 4.29. The highest BCUT2D eigenvalue weighted by Crippen LogP contribution is 2.49. The summed E-state index contributed by atoms with van der Waals surface area (Å²) in [6.45, 7) is 5.67. The maximum Gasteiger partial charge on any atom is 0.220 e. The number of nitrogens with zero attached hydrogens (tertiary/aromatic N) is 2. The molecule has 2 saturated carbocycles. The minimum absolute atomic E-state index is 0.243. The summed E-state index contributed by atoms with van der Waals surface area (Å²) in [4.78, 5) is 12.1. The van der Waals surface area contributed by atoms with E-state index in [-0.39, 0.29) is 5.91 Å². The molecule has 3 atom stereocenters. The Balaban J connectivity index is 1.36. The number of aromatic nitrogens is 2. The zero-order chi connectivity index (χ0) is 15.7. The van der Waals surface area contributed by atoms with E-state index >= 15 is 0 Å². The number of rotatable bonds is 6. The summed E-state index contributed by atoms with van der Waals surface area (Å²) in [5.41, 5.74) is 2.18. The first-order valence-electron chi connectivity index (χ1n) is 8.50. The van der Waals surface area contributed by atoms with Gasteiger partial charge in [0.25, 0.3) is 0 Å². The lowest BCUT2D eigenvalue weighted by Gasteiger charge is -2.20. The van der Waals surface area contributed by atoms with Crippen molar-refractivity contribution >= 4 is 21.8 Å². The van der Waals surface area contributed by atoms with Gasteiger partial charge in [-0.05, 0) is 73.2 Å². The normalized spacial score (nSPS) is 26.6. The molecule has 1 aromatic rings. The summed E-state index contributed by atoms with van der Waals surface area (Å²) >= 11 is 3.54. The van der Waals surface area contributed by atoms with Gasteiger partial charge in [0, 0.05) is 25.2 Å². The van der Waals surface area contributed by atoms with Crippen molar-refractivity contribution in [2.45, 2.75) is 58.9 Å². The molecule has 5 heteroatoms. The lowest BCUT2D eigenvalue weighted by atomic mass is 9.86. The van der Waals surface area contributed by atoms with Crippen LogP contribution in [0.25, 0.3) is 0 Å². The average molecular weight is 368 g/mol. The van der Waals surface area contributed by atoms with E-state index in [0.29, 0.717) is 5.92 Å². The Morgan fingerprint density at radius 1 is 1.36 bits per heavy atom. The zero-order valence-corrected chi connectivity index (χ0v) is 15.2. The quantitative estimate of drug-likeness (QED) is 0.780. The van der Waals surface area contributed by atoms with Gasteiger partial charge in [-0.25, -0.2) is 0 Å². The Morgan fingerprint density at radius 3 is 2.77 bits per heavy atom. The summed E-state index contributed by atoms with van der Waals surface area (Å²) in [6.07, 6.45) is 7.10. The van der Waals surface area contributed by atoms with Crippen molar-refractivity contribution in [2.75, 3.05) is 6.54 Å². The lowest BCUT2D eigenvalue weighted by molar-refractivity contribution is -0.122. The molecule has 2 fully saturated rings. The molecule has 1 aromatic heterocycles. The predicted molar refractivity (Wildman–Crippen MR) is 90.6 cm³/mol. The molecule has 122 valence electrons. The van der Waals surface area contributed by atoms with E-state index in [1.165, 1.54) is 25.7 Å². The second-order valence-corrected chi connectivity index (χ2v) is 7.84. The molecule has 0 saturated heterocycles. The summed E-state index contributed by atoms with van der Waals surface area (Å²) in [5, 5.41) is 7.58. The van der Waals surface area contributed by atoms with Crippen LogP contribution < -0.4 is 5.32 Å². The average Bonchev–Trinajstić information content (AvgIpc) is 3.16. The summed E-state index contributed by atoms with van der Waals surface area (Å²) in [6, 6.07) is 0. The minimum Gasteiger partial charge on any atom is -0.356 e. The molecule has 0 aliphatic heterocycles. The molecule has 0 spiro atoms. The summed E-state index contributed by atoms with van der Waals surface area (Å²) < 4.78 is 3.11. The van der Waals surface area contributed by atoms with Crippen molar-refractivity contribution in [1.82, 2.24) is 15.1 Å². The molecule has 1 heterocycles. The number of hydrogen-bond donors (Lipinski definition) is 1. The predicted octanol–water partition coefficient (Wildman–Crippen LogP) is 3.60. The molecule has 0 radical (unpaired) electrons. The minimum atomic E-state index is 0.243. The number of hydrogen-bond acceptors (Lipinski definition) is 2. The third-order valence-electron chi connectivity index (χ3n) is 5.49. The number of nitrogens with one attached hydrogen (secondary N) is 1. The van der Waals surface area contributed by atoms with Crippen LogP contribution in [0.4, 0.5) is 0 Å². The number of carbonyl (C=O) groups excluding carboxylic acids is 1. The molecule has 22 heavy (non-hydrogen) atoms. The first-order valence-corrected chi connectivity index (χ1v) is 9.30. The molecule has 3 rings (SSSR count).